The van der Waals surface area contributed by atoms with E-state index in [9.17, 15) is 9.59 Å². The van der Waals surface area contributed by atoms with Gasteiger partial charge in [0.2, 0.25) is 0 Å². The van der Waals surface area contributed by atoms with E-state index in [1.807, 2.05) is 19.1 Å². The minimum absolute atomic E-state index is 0.386. The second-order valence-corrected chi connectivity index (χ2v) is 7.02. The highest BCUT2D eigenvalue weighted by atomic mass is 35.5. The van der Waals surface area contributed by atoms with E-state index in [1.54, 1.807) is 36.4 Å². The number of carbonyl (C=O) groups is 2. The van der Waals surface area contributed by atoms with Gasteiger partial charge in [-0.1, -0.05) is 79.4 Å². The predicted octanol–water partition coefficient (Wildman–Crippen LogP) is 4.40. The molecule has 0 saturated heterocycles. The highest BCUT2D eigenvalue weighted by molar-refractivity contribution is 6.33. The number of hydrogen-bond donors (Lipinski definition) is 2. The lowest BCUT2D eigenvalue weighted by Gasteiger charge is -2.13. The third kappa shape index (κ3) is 7.33. The number of hydrogen-bond acceptors (Lipinski definition) is 4. The fraction of sp³-hybridized carbons (Fsp3) is 0.238. The summed E-state index contributed by atoms with van der Waals surface area (Å²) in [6.45, 7) is 1.98. The molecular weight excluding hydrogens is 411 g/mol. The van der Waals surface area contributed by atoms with E-state index in [0.29, 0.717) is 34.0 Å². The van der Waals surface area contributed by atoms with E-state index in [2.05, 4.69) is 21.1 Å². The first-order valence-electron chi connectivity index (χ1n) is 9.17. The standard InChI is InChI=1S/C21H22Cl2N4O2/c1-2-3-10-17(20(28)26-24-13-15-8-4-6-11-18(15)22)21(29)27-25-14-16-9-5-7-12-19(16)23/h4-9,11-14,17H,2-3,10H2,1H3,(H,26,28)(H,27,29). The van der Waals surface area contributed by atoms with Gasteiger partial charge in [-0.2, -0.15) is 10.2 Å². The molecule has 0 bridgehead atoms. The van der Waals surface area contributed by atoms with Crippen LogP contribution < -0.4 is 10.9 Å². The van der Waals surface area contributed by atoms with Gasteiger partial charge in [-0.05, 0) is 18.6 Å². The maximum absolute atomic E-state index is 12.5. The number of nitrogens with zero attached hydrogens (tertiary/aromatic N) is 2. The molecule has 29 heavy (non-hydrogen) atoms. The maximum atomic E-state index is 12.5. The Morgan fingerprint density at radius 1 is 0.897 bits per heavy atom. The van der Waals surface area contributed by atoms with Gasteiger partial charge >= 0.3 is 0 Å². The van der Waals surface area contributed by atoms with Crippen LogP contribution in [-0.4, -0.2) is 24.2 Å². The monoisotopic (exact) mass is 432 g/mol. The number of nitrogens with one attached hydrogen (secondary N) is 2. The molecule has 0 heterocycles. The van der Waals surface area contributed by atoms with Crippen molar-refractivity contribution in [3.05, 3.63) is 69.7 Å². The number of rotatable bonds is 9. The average Bonchev–Trinajstić information content (AvgIpc) is 2.71. The topological polar surface area (TPSA) is 82.9 Å². The first-order valence-corrected chi connectivity index (χ1v) is 9.93. The van der Waals surface area contributed by atoms with Crippen LogP contribution in [0.15, 0.2) is 58.7 Å². The summed E-state index contributed by atoms with van der Waals surface area (Å²) in [7, 11) is 0. The van der Waals surface area contributed by atoms with E-state index < -0.39 is 17.7 Å². The van der Waals surface area contributed by atoms with Crippen molar-refractivity contribution in [3.8, 4) is 0 Å². The number of hydrazone groups is 2. The van der Waals surface area contributed by atoms with E-state index >= 15 is 0 Å². The van der Waals surface area contributed by atoms with Gasteiger partial charge in [0.05, 0.1) is 12.4 Å². The Morgan fingerprint density at radius 3 is 1.76 bits per heavy atom. The minimum Gasteiger partial charge on any atom is -0.272 e. The summed E-state index contributed by atoms with van der Waals surface area (Å²) >= 11 is 12.1. The molecule has 0 aliphatic heterocycles. The number of benzene rings is 2. The van der Waals surface area contributed by atoms with Crippen molar-refractivity contribution >= 4 is 47.4 Å². The fourth-order valence-electron chi connectivity index (χ4n) is 2.44. The van der Waals surface area contributed by atoms with Crippen LogP contribution in [0.2, 0.25) is 10.0 Å². The van der Waals surface area contributed by atoms with Gasteiger partial charge in [-0.25, -0.2) is 10.9 Å². The molecule has 0 spiro atoms. The summed E-state index contributed by atoms with van der Waals surface area (Å²) in [6.07, 6.45) is 4.82. The SMILES string of the molecule is CCCCC(C(=O)NN=Cc1ccccc1Cl)C(=O)NN=Cc1ccccc1Cl. The minimum atomic E-state index is -0.915. The van der Waals surface area contributed by atoms with E-state index in [0.717, 1.165) is 6.42 Å². The molecule has 0 fully saturated rings. The van der Waals surface area contributed by atoms with Gasteiger partial charge in [-0.3, -0.25) is 9.59 Å². The molecule has 2 rings (SSSR count). The molecule has 0 aromatic heterocycles. The van der Waals surface area contributed by atoms with Gasteiger partial charge in [0.25, 0.3) is 11.8 Å². The summed E-state index contributed by atoms with van der Waals surface area (Å²) in [5.74, 6) is -1.93. The molecule has 0 unspecified atom stereocenters. The second kappa shape index (κ2) is 12.0. The molecule has 6 nitrogen and oxygen atoms in total. The number of amides is 2. The fourth-order valence-corrected chi connectivity index (χ4v) is 2.80. The molecule has 8 heteroatoms. The third-order valence-corrected chi connectivity index (χ3v) is 4.73. The molecule has 152 valence electrons. The Morgan fingerprint density at radius 2 is 1.34 bits per heavy atom. The Bertz CT molecular complexity index is 830. The lowest BCUT2D eigenvalue weighted by Crippen LogP contribution is -2.38. The molecular formula is C21H22Cl2N4O2. The van der Waals surface area contributed by atoms with E-state index in [4.69, 9.17) is 23.2 Å². The van der Waals surface area contributed by atoms with Gasteiger partial charge in [-0.15, -0.1) is 0 Å². The Balaban J connectivity index is 1.99. The Hall–Kier alpha value is -2.70. The van der Waals surface area contributed by atoms with E-state index in [-0.39, 0.29) is 0 Å². The van der Waals surface area contributed by atoms with Gasteiger partial charge < -0.3 is 0 Å². The molecule has 0 saturated carbocycles. The Labute approximate surface area is 180 Å². The molecule has 2 amide bonds. The van der Waals surface area contributed by atoms with Crippen molar-refractivity contribution < 1.29 is 9.59 Å². The van der Waals surface area contributed by atoms with Crippen molar-refractivity contribution in [2.24, 2.45) is 16.1 Å². The van der Waals surface area contributed by atoms with Crippen LogP contribution in [0.1, 0.15) is 37.3 Å². The summed E-state index contributed by atoms with van der Waals surface area (Å²) in [5.41, 5.74) is 6.13. The number of halogens is 2. The van der Waals surface area contributed by atoms with Crippen molar-refractivity contribution in [1.29, 1.82) is 0 Å². The van der Waals surface area contributed by atoms with Gasteiger partial charge in [0.1, 0.15) is 5.92 Å². The molecule has 2 aromatic carbocycles. The lowest BCUT2D eigenvalue weighted by molar-refractivity contribution is -0.135. The molecule has 0 atom stereocenters. The first-order chi connectivity index (χ1) is 14.0. The van der Waals surface area contributed by atoms with Crippen LogP contribution in [0.25, 0.3) is 0 Å². The van der Waals surface area contributed by atoms with Crippen molar-refractivity contribution in [2.45, 2.75) is 26.2 Å². The quantitative estimate of drug-likeness (QED) is 0.349. The summed E-state index contributed by atoms with van der Waals surface area (Å²) in [5, 5.41) is 8.84. The normalized spacial score (nSPS) is 12.2. The molecule has 0 aliphatic rings. The lowest BCUT2D eigenvalue weighted by atomic mass is 10.0. The van der Waals surface area contributed by atoms with Crippen LogP contribution >= 0.6 is 23.2 Å². The van der Waals surface area contributed by atoms with Crippen LogP contribution in [0.3, 0.4) is 0 Å². The van der Waals surface area contributed by atoms with Crippen LogP contribution in [0.5, 0.6) is 0 Å². The summed E-state index contributed by atoms with van der Waals surface area (Å²) < 4.78 is 0. The van der Waals surface area contributed by atoms with Crippen LogP contribution in [-0.2, 0) is 9.59 Å². The van der Waals surface area contributed by atoms with Crippen molar-refractivity contribution in [3.63, 3.8) is 0 Å². The Kier molecular flexibility index (Phi) is 9.34. The van der Waals surface area contributed by atoms with Gasteiger partial charge in [0, 0.05) is 21.2 Å². The molecule has 2 N–H and O–H groups in total. The predicted molar refractivity (Wildman–Crippen MR) is 117 cm³/mol. The van der Waals surface area contributed by atoms with Crippen molar-refractivity contribution in [1.82, 2.24) is 10.9 Å². The third-order valence-electron chi connectivity index (χ3n) is 4.05. The average molecular weight is 433 g/mol. The second-order valence-electron chi connectivity index (χ2n) is 6.21. The highest BCUT2D eigenvalue weighted by Gasteiger charge is 2.25. The van der Waals surface area contributed by atoms with Crippen LogP contribution in [0.4, 0.5) is 0 Å². The van der Waals surface area contributed by atoms with Gasteiger partial charge in [0.15, 0.2) is 0 Å². The number of carbonyl (C=O) groups excluding carboxylic acids is 2. The highest BCUT2D eigenvalue weighted by Crippen LogP contribution is 2.14. The molecule has 0 aliphatic carbocycles. The number of unbranched alkanes of at least 4 members (excludes halogenated alkanes) is 1. The van der Waals surface area contributed by atoms with E-state index in [1.165, 1.54) is 12.4 Å². The zero-order chi connectivity index (χ0) is 21.1. The smallest absolute Gasteiger partial charge is 0.252 e. The maximum Gasteiger partial charge on any atom is 0.252 e. The first kappa shape index (κ1) is 22.6. The largest absolute Gasteiger partial charge is 0.272 e. The summed E-state index contributed by atoms with van der Waals surface area (Å²) in [6, 6.07) is 14.2. The summed E-state index contributed by atoms with van der Waals surface area (Å²) in [4.78, 5) is 24.9. The molecule has 2 aromatic rings. The zero-order valence-corrected chi connectivity index (χ0v) is 17.5. The van der Waals surface area contributed by atoms with Crippen molar-refractivity contribution in [2.75, 3.05) is 0 Å². The molecule has 0 radical (unpaired) electrons. The zero-order valence-electron chi connectivity index (χ0n) is 15.9. The van der Waals surface area contributed by atoms with Crippen LogP contribution in [0, 0.1) is 5.92 Å².